The highest BCUT2D eigenvalue weighted by molar-refractivity contribution is 6.29. The molecule has 1 fully saturated rings. The van der Waals surface area contributed by atoms with E-state index in [4.69, 9.17) is 16.0 Å². The molecule has 1 aromatic heterocycles. The zero-order valence-corrected chi connectivity index (χ0v) is 13.1. The monoisotopic (exact) mass is 319 g/mol. The number of hydrogen-bond donors (Lipinski definition) is 1. The number of halogens is 1. The van der Waals surface area contributed by atoms with Crippen LogP contribution in [0.15, 0.2) is 40.8 Å². The molecule has 5 nitrogen and oxygen atoms in total. The number of nitrogens with one attached hydrogen (secondary N) is 1. The second-order valence-electron chi connectivity index (χ2n) is 5.40. The van der Waals surface area contributed by atoms with Crippen molar-refractivity contribution in [2.75, 3.05) is 43.4 Å². The summed E-state index contributed by atoms with van der Waals surface area (Å²) < 4.78 is 5.09. The number of furan rings is 1. The molecule has 1 saturated heterocycles. The fraction of sp³-hybridized carbons (Fsp3) is 0.312. The molecule has 3 rings (SSSR count). The van der Waals surface area contributed by atoms with Gasteiger partial charge in [-0.05, 0) is 55.0 Å². The van der Waals surface area contributed by atoms with Gasteiger partial charge in [-0.15, -0.1) is 0 Å². The predicted molar refractivity (Wildman–Crippen MR) is 87.8 cm³/mol. The third kappa shape index (κ3) is 3.43. The Hall–Kier alpha value is -1.98. The van der Waals surface area contributed by atoms with Crippen molar-refractivity contribution in [2.24, 2.45) is 0 Å². The normalized spacial score (nSPS) is 15.8. The van der Waals surface area contributed by atoms with E-state index in [1.165, 1.54) is 5.69 Å². The van der Waals surface area contributed by atoms with Crippen molar-refractivity contribution in [1.82, 2.24) is 4.90 Å². The van der Waals surface area contributed by atoms with E-state index in [1.54, 1.807) is 12.1 Å². The SMILES string of the molecule is CN1CCN(c2ccc(NC(=O)c3ccc(Cl)o3)cc2)CC1. The van der Waals surface area contributed by atoms with E-state index in [9.17, 15) is 4.79 Å². The summed E-state index contributed by atoms with van der Waals surface area (Å²) in [6, 6.07) is 10.9. The van der Waals surface area contributed by atoms with E-state index >= 15 is 0 Å². The van der Waals surface area contributed by atoms with Gasteiger partial charge in [0.2, 0.25) is 0 Å². The van der Waals surface area contributed by atoms with E-state index < -0.39 is 0 Å². The van der Waals surface area contributed by atoms with E-state index in [0.717, 1.165) is 31.9 Å². The van der Waals surface area contributed by atoms with Crippen molar-refractivity contribution in [3.63, 3.8) is 0 Å². The second kappa shape index (κ2) is 6.42. The lowest BCUT2D eigenvalue weighted by atomic mass is 10.2. The summed E-state index contributed by atoms with van der Waals surface area (Å²) in [6.07, 6.45) is 0. The standard InChI is InChI=1S/C16H18ClN3O2/c1-19-8-10-20(11-9-19)13-4-2-12(3-5-13)18-16(21)14-6-7-15(17)22-14/h2-7H,8-11H2,1H3,(H,18,21). The van der Waals surface area contributed by atoms with Crippen LogP contribution in [-0.2, 0) is 0 Å². The van der Waals surface area contributed by atoms with Crippen LogP contribution < -0.4 is 10.2 Å². The van der Waals surface area contributed by atoms with Crippen LogP contribution in [-0.4, -0.2) is 44.0 Å². The molecular formula is C16H18ClN3O2. The molecule has 0 saturated carbocycles. The minimum atomic E-state index is -0.306. The Balaban J connectivity index is 1.63. The first-order valence-electron chi connectivity index (χ1n) is 7.22. The number of anilines is 2. The summed E-state index contributed by atoms with van der Waals surface area (Å²) in [4.78, 5) is 16.6. The Bertz CT molecular complexity index is 646. The number of likely N-dealkylation sites (N-methyl/N-ethyl adjacent to an activating group) is 1. The number of amides is 1. The summed E-state index contributed by atoms with van der Waals surface area (Å²) >= 11 is 5.67. The lowest BCUT2D eigenvalue weighted by molar-refractivity contribution is 0.0997. The fourth-order valence-electron chi connectivity index (χ4n) is 2.45. The van der Waals surface area contributed by atoms with Crippen molar-refractivity contribution < 1.29 is 9.21 Å². The fourth-order valence-corrected chi connectivity index (χ4v) is 2.60. The smallest absolute Gasteiger partial charge is 0.291 e. The Morgan fingerprint density at radius 2 is 1.77 bits per heavy atom. The van der Waals surface area contributed by atoms with Crippen LogP contribution >= 0.6 is 11.6 Å². The first-order valence-corrected chi connectivity index (χ1v) is 7.60. The lowest BCUT2D eigenvalue weighted by Crippen LogP contribution is -2.44. The Morgan fingerprint density at radius 3 is 2.36 bits per heavy atom. The summed E-state index contributed by atoms with van der Waals surface area (Å²) in [5, 5.41) is 2.99. The van der Waals surface area contributed by atoms with Crippen LogP contribution in [0.4, 0.5) is 11.4 Å². The van der Waals surface area contributed by atoms with Crippen LogP contribution in [0, 0.1) is 0 Å². The Labute approximate surface area is 134 Å². The van der Waals surface area contributed by atoms with Gasteiger partial charge in [0.1, 0.15) is 0 Å². The van der Waals surface area contributed by atoms with E-state index in [-0.39, 0.29) is 16.9 Å². The van der Waals surface area contributed by atoms with Gasteiger partial charge >= 0.3 is 0 Å². The largest absolute Gasteiger partial charge is 0.440 e. The van der Waals surface area contributed by atoms with Crippen LogP contribution in [0.2, 0.25) is 5.22 Å². The van der Waals surface area contributed by atoms with E-state index in [0.29, 0.717) is 0 Å². The first-order chi connectivity index (χ1) is 10.6. The van der Waals surface area contributed by atoms with Crippen LogP contribution in [0.25, 0.3) is 0 Å². The van der Waals surface area contributed by atoms with Gasteiger partial charge in [-0.1, -0.05) is 0 Å². The van der Waals surface area contributed by atoms with E-state index in [1.807, 2.05) is 24.3 Å². The molecule has 0 radical (unpaired) electrons. The predicted octanol–water partition coefficient (Wildman–Crippen LogP) is 2.94. The van der Waals surface area contributed by atoms with Gasteiger partial charge in [0.15, 0.2) is 11.0 Å². The van der Waals surface area contributed by atoms with Gasteiger partial charge in [0.05, 0.1) is 0 Å². The van der Waals surface area contributed by atoms with Gasteiger partial charge < -0.3 is 19.5 Å². The van der Waals surface area contributed by atoms with Crippen molar-refractivity contribution in [3.05, 3.63) is 47.4 Å². The average molecular weight is 320 g/mol. The second-order valence-corrected chi connectivity index (χ2v) is 5.77. The zero-order valence-electron chi connectivity index (χ0n) is 12.4. The molecule has 0 aliphatic carbocycles. The van der Waals surface area contributed by atoms with Gasteiger partial charge in [-0.25, -0.2) is 0 Å². The third-order valence-electron chi connectivity index (χ3n) is 3.79. The number of rotatable bonds is 3. The quantitative estimate of drug-likeness (QED) is 0.945. The summed E-state index contributed by atoms with van der Waals surface area (Å²) in [5.41, 5.74) is 1.91. The minimum Gasteiger partial charge on any atom is -0.440 e. The molecule has 0 atom stereocenters. The molecule has 22 heavy (non-hydrogen) atoms. The highest BCUT2D eigenvalue weighted by atomic mass is 35.5. The molecule has 0 bridgehead atoms. The van der Waals surface area contributed by atoms with Crippen molar-refractivity contribution in [1.29, 1.82) is 0 Å². The highest BCUT2D eigenvalue weighted by Gasteiger charge is 2.15. The molecule has 1 aliphatic rings. The maximum absolute atomic E-state index is 12.0. The molecule has 1 N–H and O–H groups in total. The molecule has 1 aromatic carbocycles. The highest BCUT2D eigenvalue weighted by Crippen LogP contribution is 2.20. The van der Waals surface area contributed by atoms with Gasteiger partial charge in [-0.3, -0.25) is 4.79 Å². The molecular weight excluding hydrogens is 302 g/mol. The van der Waals surface area contributed by atoms with E-state index in [2.05, 4.69) is 22.2 Å². The maximum Gasteiger partial charge on any atom is 0.291 e. The molecule has 1 aliphatic heterocycles. The van der Waals surface area contributed by atoms with Crippen molar-refractivity contribution in [2.45, 2.75) is 0 Å². The number of hydrogen-bond acceptors (Lipinski definition) is 4. The maximum atomic E-state index is 12.0. The van der Waals surface area contributed by atoms with Crippen molar-refractivity contribution in [3.8, 4) is 0 Å². The Kier molecular flexibility index (Phi) is 4.36. The molecule has 0 spiro atoms. The minimum absolute atomic E-state index is 0.202. The van der Waals surface area contributed by atoms with Crippen LogP contribution in [0.3, 0.4) is 0 Å². The molecule has 2 heterocycles. The molecule has 0 unspecified atom stereocenters. The van der Waals surface area contributed by atoms with Gasteiger partial charge in [-0.2, -0.15) is 0 Å². The number of piperazine rings is 1. The molecule has 116 valence electrons. The average Bonchev–Trinajstić information content (AvgIpc) is 2.96. The number of benzene rings is 1. The summed E-state index contributed by atoms with van der Waals surface area (Å²) in [7, 11) is 2.14. The van der Waals surface area contributed by atoms with Crippen LogP contribution in [0.5, 0.6) is 0 Å². The summed E-state index contributed by atoms with van der Waals surface area (Å²) in [6.45, 7) is 4.18. The van der Waals surface area contributed by atoms with Crippen LogP contribution in [0.1, 0.15) is 10.6 Å². The topological polar surface area (TPSA) is 48.7 Å². The number of carbonyl (C=O) groups is 1. The third-order valence-corrected chi connectivity index (χ3v) is 3.99. The van der Waals surface area contributed by atoms with Gasteiger partial charge in [0.25, 0.3) is 5.91 Å². The summed E-state index contributed by atoms with van der Waals surface area (Å²) in [5.74, 6) is -0.104. The van der Waals surface area contributed by atoms with Crippen molar-refractivity contribution >= 4 is 28.9 Å². The number of nitrogens with zero attached hydrogens (tertiary/aromatic N) is 2. The molecule has 1 amide bonds. The lowest BCUT2D eigenvalue weighted by Gasteiger charge is -2.34. The molecule has 6 heteroatoms. The molecule has 2 aromatic rings. The van der Waals surface area contributed by atoms with Gasteiger partial charge in [0, 0.05) is 37.6 Å². The first kappa shape index (κ1) is 14.9. The zero-order chi connectivity index (χ0) is 15.5. The number of carbonyl (C=O) groups excluding carboxylic acids is 1. The Morgan fingerprint density at radius 1 is 1.09 bits per heavy atom.